The number of benzene rings is 1. The van der Waals surface area contributed by atoms with Gasteiger partial charge in [0.25, 0.3) is 0 Å². The van der Waals surface area contributed by atoms with Crippen LogP contribution in [0.1, 0.15) is 32.2 Å². The van der Waals surface area contributed by atoms with E-state index in [1.54, 1.807) is 29.9 Å². The van der Waals surface area contributed by atoms with Gasteiger partial charge in [-0.2, -0.15) is 9.61 Å². The molecule has 0 spiro atoms. The summed E-state index contributed by atoms with van der Waals surface area (Å²) < 4.78 is 23.5. The van der Waals surface area contributed by atoms with Crippen LogP contribution in [-0.4, -0.2) is 34.6 Å². The van der Waals surface area contributed by atoms with E-state index in [-0.39, 0.29) is 17.8 Å². The van der Waals surface area contributed by atoms with Crippen molar-refractivity contribution in [2.24, 2.45) is 12.5 Å². The lowest BCUT2D eigenvalue weighted by Gasteiger charge is -2.20. The Morgan fingerprint density at radius 2 is 1.93 bits per heavy atom. The van der Waals surface area contributed by atoms with Gasteiger partial charge >= 0.3 is 0 Å². The molecule has 0 fully saturated rings. The maximum Gasteiger partial charge on any atom is 0.235 e. The second-order valence-electron chi connectivity index (χ2n) is 8.07. The van der Waals surface area contributed by atoms with Crippen LogP contribution in [0, 0.1) is 11.2 Å². The molecule has 9 heteroatoms. The summed E-state index contributed by atoms with van der Waals surface area (Å²) in [6, 6.07) is 8.30. The highest BCUT2D eigenvalue weighted by Crippen LogP contribution is 2.29. The van der Waals surface area contributed by atoms with Gasteiger partial charge in [-0.25, -0.2) is 9.37 Å². The topological polar surface area (TPSA) is 83.0 Å². The van der Waals surface area contributed by atoms with Crippen LogP contribution in [0.4, 0.5) is 4.39 Å². The highest BCUT2D eigenvalue weighted by Gasteiger charge is 2.21. The lowest BCUT2D eigenvalue weighted by Crippen LogP contribution is -2.14. The van der Waals surface area contributed by atoms with Gasteiger partial charge in [0, 0.05) is 12.6 Å². The number of rotatable bonds is 5. The second-order valence-corrected chi connectivity index (χ2v) is 8.07. The normalized spacial score (nSPS) is 11.9. The number of hydrogen-bond donors (Lipinski definition) is 0. The molecule has 3 heterocycles. The Labute approximate surface area is 167 Å². The van der Waals surface area contributed by atoms with E-state index in [0.29, 0.717) is 28.7 Å². The minimum absolute atomic E-state index is 0.0112. The largest absolute Gasteiger partial charge is 0.468 e. The van der Waals surface area contributed by atoms with Gasteiger partial charge in [0.1, 0.15) is 18.8 Å². The molecule has 0 aliphatic carbocycles. The maximum atomic E-state index is 14.3. The number of halogens is 1. The molecule has 0 N–H and O–H groups in total. The van der Waals surface area contributed by atoms with Crippen molar-refractivity contribution in [3.05, 3.63) is 53.9 Å². The maximum absolute atomic E-state index is 14.3. The number of nitrogens with zero attached hydrogens (tertiary/aromatic N) is 7. The molecule has 0 aliphatic heterocycles. The van der Waals surface area contributed by atoms with Gasteiger partial charge in [-0.15, -0.1) is 15.3 Å². The number of hydrogen-bond acceptors (Lipinski definition) is 6. The molecular formula is C20H22FN7O. The van der Waals surface area contributed by atoms with Crippen molar-refractivity contribution >= 4 is 5.65 Å². The molecular weight excluding hydrogens is 373 g/mol. The van der Waals surface area contributed by atoms with Crippen LogP contribution in [0.2, 0.25) is 0 Å². The minimum atomic E-state index is -0.385. The van der Waals surface area contributed by atoms with E-state index < -0.39 is 0 Å². The van der Waals surface area contributed by atoms with E-state index in [1.807, 2.05) is 6.07 Å². The second kappa shape index (κ2) is 7.23. The zero-order chi connectivity index (χ0) is 20.6. The van der Waals surface area contributed by atoms with Gasteiger partial charge in [0.15, 0.2) is 17.3 Å². The first-order valence-corrected chi connectivity index (χ1v) is 9.28. The molecule has 0 radical (unpaired) electrons. The van der Waals surface area contributed by atoms with Gasteiger partial charge in [-0.05, 0) is 30.0 Å². The quantitative estimate of drug-likeness (QED) is 0.516. The molecule has 0 saturated carbocycles. The van der Waals surface area contributed by atoms with Crippen molar-refractivity contribution < 1.29 is 9.13 Å². The molecule has 0 saturated heterocycles. The van der Waals surface area contributed by atoms with Gasteiger partial charge in [0.05, 0.1) is 5.56 Å². The van der Waals surface area contributed by atoms with Crippen LogP contribution in [0.3, 0.4) is 0 Å². The fourth-order valence-corrected chi connectivity index (χ4v) is 3.07. The van der Waals surface area contributed by atoms with Crippen LogP contribution < -0.4 is 4.74 Å². The lowest BCUT2D eigenvalue weighted by atomic mass is 9.89. The number of ether oxygens (including phenoxy) is 1. The lowest BCUT2D eigenvalue weighted by molar-refractivity contribution is 0.267. The van der Waals surface area contributed by atoms with E-state index in [0.717, 1.165) is 12.0 Å². The average Bonchev–Trinajstić information content (AvgIpc) is 3.24. The van der Waals surface area contributed by atoms with E-state index in [9.17, 15) is 4.39 Å². The molecule has 0 unspecified atom stereocenters. The number of aryl methyl sites for hydroxylation is 1. The van der Waals surface area contributed by atoms with Crippen molar-refractivity contribution in [1.29, 1.82) is 0 Å². The van der Waals surface area contributed by atoms with E-state index >= 15 is 0 Å². The Bertz CT molecular complexity index is 1160. The Morgan fingerprint density at radius 1 is 1.14 bits per heavy atom. The highest BCUT2D eigenvalue weighted by molar-refractivity contribution is 5.60. The molecule has 29 heavy (non-hydrogen) atoms. The Balaban J connectivity index is 1.79. The number of aromatic nitrogens is 7. The predicted molar refractivity (Wildman–Crippen MR) is 105 cm³/mol. The summed E-state index contributed by atoms with van der Waals surface area (Å²) in [4.78, 5) is 4.18. The molecule has 150 valence electrons. The zero-order valence-electron chi connectivity index (χ0n) is 16.8. The Morgan fingerprint density at radius 3 is 2.62 bits per heavy atom. The summed E-state index contributed by atoms with van der Waals surface area (Å²) >= 11 is 0. The third-order valence-corrected chi connectivity index (χ3v) is 4.41. The van der Waals surface area contributed by atoms with Crippen molar-refractivity contribution in [3.63, 3.8) is 0 Å². The fraction of sp³-hybridized carbons (Fsp3) is 0.350. The summed E-state index contributed by atoms with van der Waals surface area (Å²) in [5, 5.41) is 17.0. The van der Waals surface area contributed by atoms with Gasteiger partial charge in [-0.1, -0.05) is 32.9 Å². The van der Waals surface area contributed by atoms with Gasteiger partial charge in [0.2, 0.25) is 5.88 Å². The monoisotopic (exact) mass is 395 g/mol. The van der Waals surface area contributed by atoms with Crippen molar-refractivity contribution in [1.82, 2.24) is 34.6 Å². The molecule has 8 nitrogen and oxygen atoms in total. The summed E-state index contributed by atoms with van der Waals surface area (Å²) in [5.41, 5.74) is 1.78. The van der Waals surface area contributed by atoms with Gasteiger partial charge in [-0.3, -0.25) is 4.68 Å². The van der Waals surface area contributed by atoms with Crippen LogP contribution in [0.15, 0.2) is 36.7 Å². The van der Waals surface area contributed by atoms with Gasteiger partial charge < -0.3 is 4.74 Å². The first-order chi connectivity index (χ1) is 13.8. The van der Waals surface area contributed by atoms with Crippen LogP contribution in [0.5, 0.6) is 5.88 Å². The molecule has 1 aromatic carbocycles. The number of fused-ring (bicyclic) bond motifs is 1. The third kappa shape index (κ3) is 3.94. The molecule has 3 aromatic heterocycles. The SMILES string of the molecule is Cn1ncnc1COc1nn2c(-c3ccccc3F)nnc2cc1CC(C)(C)C. The van der Waals surface area contributed by atoms with E-state index in [1.165, 1.54) is 16.9 Å². The molecule has 0 amide bonds. The van der Waals surface area contributed by atoms with Crippen LogP contribution in [0.25, 0.3) is 17.0 Å². The van der Waals surface area contributed by atoms with Crippen molar-refractivity contribution in [3.8, 4) is 17.3 Å². The predicted octanol–water partition coefficient (Wildman–Crippen LogP) is 3.23. The average molecular weight is 395 g/mol. The summed E-state index contributed by atoms with van der Waals surface area (Å²) in [5.74, 6) is 1.05. The van der Waals surface area contributed by atoms with E-state index in [2.05, 4.69) is 46.1 Å². The minimum Gasteiger partial charge on any atom is -0.468 e. The first kappa shape index (κ1) is 19.0. The molecule has 4 rings (SSSR count). The van der Waals surface area contributed by atoms with Crippen molar-refractivity contribution in [2.45, 2.75) is 33.8 Å². The molecule has 0 atom stereocenters. The standard InChI is InChI=1S/C20H22FN7O/c1-20(2,3)10-13-9-16-24-25-18(14-7-5-6-8-15(14)21)28(16)26-19(13)29-11-17-22-12-23-27(17)4/h5-9,12H,10-11H2,1-4H3. The highest BCUT2D eigenvalue weighted by atomic mass is 19.1. The van der Waals surface area contributed by atoms with Crippen LogP contribution in [-0.2, 0) is 20.1 Å². The summed E-state index contributed by atoms with van der Waals surface area (Å²) in [7, 11) is 1.80. The molecule has 4 aromatic rings. The van der Waals surface area contributed by atoms with Crippen LogP contribution >= 0.6 is 0 Å². The summed E-state index contributed by atoms with van der Waals surface area (Å²) in [6.07, 6.45) is 2.20. The zero-order valence-corrected chi connectivity index (χ0v) is 16.8. The Hall–Kier alpha value is -3.36. The Kier molecular flexibility index (Phi) is 4.73. The molecule has 0 aliphatic rings. The fourth-order valence-electron chi connectivity index (χ4n) is 3.07. The van der Waals surface area contributed by atoms with E-state index in [4.69, 9.17) is 4.74 Å². The third-order valence-electron chi connectivity index (χ3n) is 4.41. The molecule has 0 bridgehead atoms. The van der Waals surface area contributed by atoms with Crippen molar-refractivity contribution in [2.75, 3.05) is 0 Å². The summed E-state index contributed by atoms with van der Waals surface area (Å²) in [6.45, 7) is 6.62. The smallest absolute Gasteiger partial charge is 0.235 e. The first-order valence-electron chi connectivity index (χ1n) is 9.28.